The van der Waals surface area contributed by atoms with E-state index < -0.39 is 17.3 Å². The highest BCUT2D eigenvalue weighted by Crippen LogP contribution is 2.36. The Morgan fingerprint density at radius 3 is 2.44 bits per heavy atom. The van der Waals surface area contributed by atoms with Gasteiger partial charge < -0.3 is 5.32 Å². The highest BCUT2D eigenvalue weighted by atomic mass is 19.1. The average molecular weight is 441 g/mol. The number of anilines is 1. The molecule has 0 radical (unpaired) electrons. The Kier molecular flexibility index (Phi) is 5.86. The van der Waals surface area contributed by atoms with Gasteiger partial charge in [0, 0.05) is 11.5 Å². The third-order valence-corrected chi connectivity index (χ3v) is 6.69. The van der Waals surface area contributed by atoms with Crippen LogP contribution in [0.4, 0.5) is 10.1 Å². The molecule has 6 nitrogen and oxygen atoms in total. The smallest absolute Gasteiger partial charge is 0.277 e. The number of hydrogen-bond acceptors (Lipinski definition) is 3. The van der Waals surface area contributed by atoms with E-state index in [2.05, 4.69) is 10.4 Å². The van der Waals surface area contributed by atoms with Crippen molar-refractivity contribution in [3.8, 4) is 0 Å². The molecule has 0 saturated heterocycles. The van der Waals surface area contributed by atoms with Gasteiger partial charge in [0.2, 0.25) is 5.91 Å². The molecule has 2 amide bonds. The van der Waals surface area contributed by atoms with Crippen LogP contribution >= 0.6 is 0 Å². The molecule has 2 aromatic rings. The summed E-state index contributed by atoms with van der Waals surface area (Å²) in [5, 5.41) is 7.84. The minimum Gasteiger partial charge on any atom is -0.351 e. The van der Waals surface area contributed by atoms with Gasteiger partial charge in [-0.2, -0.15) is 5.10 Å². The molecule has 2 heterocycles. The van der Waals surface area contributed by atoms with Gasteiger partial charge >= 0.3 is 0 Å². The van der Waals surface area contributed by atoms with E-state index in [1.54, 1.807) is 35.9 Å². The number of benzene rings is 1. The second-order valence-electron chi connectivity index (χ2n) is 10.4. The Balaban J connectivity index is 1.77. The molecule has 1 aliphatic carbocycles. The van der Waals surface area contributed by atoms with Crippen LogP contribution in [0.2, 0.25) is 0 Å². The summed E-state index contributed by atoms with van der Waals surface area (Å²) in [4.78, 5) is 28.7. The number of nitrogens with one attached hydrogen (secondary N) is 1. The third kappa shape index (κ3) is 4.05. The predicted molar refractivity (Wildman–Crippen MR) is 122 cm³/mol. The van der Waals surface area contributed by atoms with Crippen molar-refractivity contribution in [2.45, 2.75) is 89.8 Å². The van der Waals surface area contributed by atoms with Crippen LogP contribution in [-0.4, -0.2) is 33.2 Å². The zero-order valence-corrected chi connectivity index (χ0v) is 19.4. The molecule has 1 aliphatic heterocycles. The minimum atomic E-state index is -1.31. The predicted octanol–water partition coefficient (Wildman–Crippen LogP) is 4.58. The lowest BCUT2D eigenvalue weighted by molar-refractivity contribution is -0.127. The summed E-state index contributed by atoms with van der Waals surface area (Å²) in [5.74, 6) is -1.21. The largest absolute Gasteiger partial charge is 0.351 e. The van der Waals surface area contributed by atoms with Crippen molar-refractivity contribution in [3.63, 3.8) is 0 Å². The van der Waals surface area contributed by atoms with E-state index in [9.17, 15) is 14.0 Å². The van der Waals surface area contributed by atoms with Gasteiger partial charge in [-0.15, -0.1) is 0 Å². The fourth-order valence-electron chi connectivity index (χ4n) is 4.72. The van der Waals surface area contributed by atoms with Gasteiger partial charge in [-0.25, -0.2) is 4.39 Å². The first-order valence-corrected chi connectivity index (χ1v) is 11.6. The molecule has 7 heteroatoms. The number of hydrogen-bond donors (Lipinski definition) is 1. The molecule has 1 N–H and O–H groups in total. The van der Waals surface area contributed by atoms with E-state index in [-0.39, 0.29) is 29.6 Å². The number of aromatic nitrogens is 2. The van der Waals surface area contributed by atoms with Crippen LogP contribution in [0.3, 0.4) is 0 Å². The van der Waals surface area contributed by atoms with E-state index in [1.165, 1.54) is 23.8 Å². The zero-order chi connectivity index (χ0) is 23.1. The normalized spacial score (nSPS) is 22.4. The van der Waals surface area contributed by atoms with Crippen LogP contribution in [0.25, 0.3) is 0 Å². The van der Waals surface area contributed by atoms with Crippen molar-refractivity contribution in [1.82, 2.24) is 15.1 Å². The maximum atomic E-state index is 14.9. The van der Waals surface area contributed by atoms with Crippen molar-refractivity contribution in [1.29, 1.82) is 0 Å². The highest BCUT2D eigenvalue weighted by Gasteiger charge is 2.50. The molecule has 1 aromatic carbocycles. The standard InChI is InChI=1S/C25H33FN4O2/c1-24(2,3)21-15-20-22(31)30(19-14-10-9-13-18(19)26)25(4,16-29(20)28-21)23(32)27-17-11-7-5-6-8-12-17/h9-10,13-15,17H,5-8,11-12,16H2,1-4H3,(H,27,32). The SMILES string of the molecule is CC(C)(C)c1cc2n(n1)CC(C)(C(=O)NC1CCCCCC1)N(c1ccccc1F)C2=O. The number of carbonyl (C=O) groups excluding carboxylic acids is 2. The first-order valence-electron chi connectivity index (χ1n) is 11.6. The summed E-state index contributed by atoms with van der Waals surface area (Å²) in [6, 6.07) is 7.97. The zero-order valence-electron chi connectivity index (χ0n) is 19.4. The summed E-state index contributed by atoms with van der Waals surface area (Å²) >= 11 is 0. The van der Waals surface area contributed by atoms with Crippen LogP contribution < -0.4 is 10.2 Å². The van der Waals surface area contributed by atoms with E-state index in [0.29, 0.717) is 5.69 Å². The van der Waals surface area contributed by atoms with E-state index >= 15 is 0 Å². The summed E-state index contributed by atoms with van der Waals surface area (Å²) in [6.07, 6.45) is 6.37. The summed E-state index contributed by atoms with van der Waals surface area (Å²) in [6.45, 7) is 7.96. The fraction of sp³-hybridized carbons (Fsp3) is 0.560. The number of para-hydroxylation sites is 1. The third-order valence-electron chi connectivity index (χ3n) is 6.69. The Morgan fingerprint density at radius 2 is 1.81 bits per heavy atom. The Labute approximate surface area is 189 Å². The van der Waals surface area contributed by atoms with Gasteiger partial charge in [-0.3, -0.25) is 19.2 Å². The van der Waals surface area contributed by atoms with Crippen LogP contribution in [-0.2, 0) is 16.8 Å². The molecule has 1 fully saturated rings. The van der Waals surface area contributed by atoms with Crippen LogP contribution in [0, 0.1) is 5.82 Å². The van der Waals surface area contributed by atoms with Crippen molar-refractivity contribution in [3.05, 3.63) is 47.5 Å². The molecule has 1 aromatic heterocycles. The molecule has 0 bridgehead atoms. The second-order valence-corrected chi connectivity index (χ2v) is 10.4. The van der Waals surface area contributed by atoms with E-state index in [1.807, 2.05) is 20.8 Å². The number of carbonyl (C=O) groups is 2. The molecule has 2 aliphatic rings. The quantitative estimate of drug-likeness (QED) is 0.711. The van der Waals surface area contributed by atoms with Gasteiger partial charge in [0.15, 0.2) is 0 Å². The Bertz CT molecular complexity index is 1020. The molecule has 0 spiro atoms. The molecule has 4 rings (SSSR count). The number of nitrogens with zero attached hydrogens (tertiary/aromatic N) is 3. The number of rotatable bonds is 3. The van der Waals surface area contributed by atoms with Crippen molar-refractivity contribution < 1.29 is 14.0 Å². The maximum Gasteiger partial charge on any atom is 0.277 e. The number of fused-ring (bicyclic) bond motifs is 1. The topological polar surface area (TPSA) is 67.2 Å². The summed E-state index contributed by atoms with van der Waals surface area (Å²) in [5.41, 5.74) is -0.312. The molecule has 172 valence electrons. The molecule has 32 heavy (non-hydrogen) atoms. The van der Waals surface area contributed by atoms with Gasteiger partial charge in [0.05, 0.1) is 17.9 Å². The highest BCUT2D eigenvalue weighted by molar-refractivity contribution is 6.11. The molecular formula is C25H33FN4O2. The lowest BCUT2D eigenvalue weighted by Gasteiger charge is -2.43. The Morgan fingerprint density at radius 1 is 1.16 bits per heavy atom. The summed E-state index contributed by atoms with van der Waals surface area (Å²) in [7, 11) is 0. The maximum absolute atomic E-state index is 14.9. The van der Waals surface area contributed by atoms with Crippen LogP contribution in [0.1, 0.15) is 82.4 Å². The molecule has 1 unspecified atom stereocenters. The number of amides is 2. The van der Waals surface area contributed by atoms with Crippen LogP contribution in [0.15, 0.2) is 30.3 Å². The fourth-order valence-corrected chi connectivity index (χ4v) is 4.72. The minimum absolute atomic E-state index is 0.0727. The molecule has 1 saturated carbocycles. The van der Waals surface area contributed by atoms with Crippen molar-refractivity contribution in [2.75, 3.05) is 4.90 Å². The second kappa shape index (κ2) is 8.34. The first-order chi connectivity index (χ1) is 15.1. The van der Waals surface area contributed by atoms with Crippen molar-refractivity contribution >= 4 is 17.5 Å². The van der Waals surface area contributed by atoms with Gasteiger partial charge in [0.1, 0.15) is 17.1 Å². The van der Waals surface area contributed by atoms with Gasteiger partial charge in [0.25, 0.3) is 5.91 Å². The molecular weight excluding hydrogens is 407 g/mol. The van der Waals surface area contributed by atoms with Gasteiger partial charge in [-0.05, 0) is 38.0 Å². The average Bonchev–Trinajstić information content (AvgIpc) is 3.00. The number of halogens is 1. The monoisotopic (exact) mass is 440 g/mol. The lowest BCUT2D eigenvalue weighted by atomic mass is 9.91. The molecule has 1 atom stereocenters. The van der Waals surface area contributed by atoms with Crippen LogP contribution in [0.5, 0.6) is 0 Å². The van der Waals surface area contributed by atoms with E-state index in [0.717, 1.165) is 31.4 Å². The first kappa shape index (κ1) is 22.5. The van der Waals surface area contributed by atoms with Crippen molar-refractivity contribution in [2.24, 2.45) is 0 Å². The van der Waals surface area contributed by atoms with Gasteiger partial charge in [-0.1, -0.05) is 58.6 Å². The Hall–Kier alpha value is -2.70. The lowest BCUT2D eigenvalue weighted by Crippen LogP contribution is -2.65. The van der Waals surface area contributed by atoms with E-state index in [4.69, 9.17) is 0 Å². The summed E-state index contributed by atoms with van der Waals surface area (Å²) < 4.78 is 16.5.